The van der Waals surface area contributed by atoms with E-state index in [1.165, 1.54) is 24.5 Å². The Hall–Kier alpha value is -2.46. The largest absolute Gasteiger partial charge is 0.407 e. The van der Waals surface area contributed by atoms with Crippen molar-refractivity contribution in [2.75, 3.05) is 0 Å². The minimum absolute atomic E-state index is 0.251. The van der Waals surface area contributed by atoms with Crippen molar-refractivity contribution < 1.29 is 21.6 Å². The fourth-order valence-corrected chi connectivity index (χ4v) is 5.95. The summed E-state index contributed by atoms with van der Waals surface area (Å²) in [6.07, 6.45) is 3.55. The second kappa shape index (κ2) is 7.02. The van der Waals surface area contributed by atoms with Gasteiger partial charge >= 0.3 is 6.18 Å². The maximum Gasteiger partial charge on any atom is 0.407 e. The zero-order valence-electron chi connectivity index (χ0n) is 17.8. The van der Waals surface area contributed by atoms with Crippen LogP contribution < -0.4 is 4.72 Å². The van der Waals surface area contributed by atoms with Crippen LogP contribution >= 0.6 is 0 Å². The standard InChI is InChI=1S/C23H23F3N4O2S/c24-23(25,26)22(8-9-22)29-33(31,32)18-6-7-19(27-13-18)20-11-15-10-16(14-4-5-14)12-28-21(15)30(20)17-2-1-3-17/h6-7,10-14,17,29H,1-5,8-9H2. The van der Waals surface area contributed by atoms with Crippen molar-refractivity contribution in [2.45, 2.75) is 73.5 Å². The molecule has 0 aliphatic heterocycles. The molecule has 0 saturated heterocycles. The topological polar surface area (TPSA) is 76.9 Å². The first kappa shape index (κ1) is 21.1. The Morgan fingerprint density at radius 3 is 2.33 bits per heavy atom. The van der Waals surface area contributed by atoms with Crippen molar-refractivity contribution >= 4 is 21.1 Å². The zero-order chi connectivity index (χ0) is 23.0. The molecule has 3 saturated carbocycles. The number of pyridine rings is 2. The number of nitrogens with zero attached hydrogens (tertiary/aromatic N) is 3. The van der Waals surface area contributed by atoms with Gasteiger partial charge in [-0.1, -0.05) is 0 Å². The molecule has 0 amide bonds. The van der Waals surface area contributed by atoms with E-state index in [0.29, 0.717) is 17.7 Å². The summed E-state index contributed by atoms with van der Waals surface area (Å²) in [5.74, 6) is 0.582. The van der Waals surface area contributed by atoms with E-state index in [-0.39, 0.29) is 17.7 Å². The number of aromatic nitrogens is 3. The highest BCUT2D eigenvalue weighted by molar-refractivity contribution is 7.89. The smallest absolute Gasteiger partial charge is 0.321 e. The Kier molecular flexibility index (Phi) is 4.49. The van der Waals surface area contributed by atoms with Crippen LogP contribution in [0.5, 0.6) is 0 Å². The van der Waals surface area contributed by atoms with Crippen molar-refractivity contribution in [3.63, 3.8) is 0 Å². The fourth-order valence-electron chi connectivity index (χ4n) is 4.56. The Morgan fingerprint density at radius 1 is 1.03 bits per heavy atom. The van der Waals surface area contributed by atoms with Gasteiger partial charge in [-0.15, -0.1) is 0 Å². The molecule has 0 unspecified atom stereocenters. The lowest BCUT2D eigenvalue weighted by molar-refractivity contribution is -0.160. The molecule has 174 valence electrons. The summed E-state index contributed by atoms with van der Waals surface area (Å²) < 4.78 is 68.9. The highest BCUT2D eigenvalue weighted by atomic mass is 32.2. The van der Waals surface area contributed by atoms with Gasteiger partial charge in [-0.05, 0) is 80.7 Å². The molecule has 3 aromatic heterocycles. The molecule has 0 radical (unpaired) electrons. The van der Waals surface area contributed by atoms with Gasteiger partial charge < -0.3 is 4.57 Å². The molecule has 3 aromatic rings. The van der Waals surface area contributed by atoms with Gasteiger partial charge in [0.25, 0.3) is 0 Å². The number of hydrogen-bond acceptors (Lipinski definition) is 4. The molecule has 0 aromatic carbocycles. The first-order chi connectivity index (χ1) is 15.7. The highest BCUT2D eigenvalue weighted by Crippen LogP contribution is 2.50. The number of hydrogen-bond donors (Lipinski definition) is 1. The van der Waals surface area contributed by atoms with Crippen molar-refractivity contribution in [1.29, 1.82) is 0 Å². The van der Waals surface area contributed by atoms with E-state index in [4.69, 9.17) is 4.98 Å². The van der Waals surface area contributed by atoms with E-state index in [1.54, 1.807) is 6.07 Å². The summed E-state index contributed by atoms with van der Waals surface area (Å²) in [6.45, 7) is 0. The number of alkyl halides is 3. The third-order valence-electron chi connectivity index (χ3n) is 7.12. The summed E-state index contributed by atoms with van der Waals surface area (Å²) in [5, 5.41) is 1.03. The van der Waals surface area contributed by atoms with E-state index in [9.17, 15) is 21.6 Å². The minimum atomic E-state index is -4.62. The predicted octanol–water partition coefficient (Wildman–Crippen LogP) is 5.07. The number of rotatable bonds is 6. The summed E-state index contributed by atoms with van der Waals surface area (Å²) in [6, 6.07) is 7.40. The maximum absolute atomic E-state index is 13.2. The quantitative estimate of drug-likeness (QED) is 0.539. The molecule has 0 bridgehead atoms. The first-order valence-corrected chi connectivity index (χ1v) is 12.7. The average molecular weight is 477 g/mol. The summed E-state index contributed by atoms with van der Waals surface area (Å²) in [5.41, 5.74) is 1.19. The molecule has 3 aliphatic rings. The molecule has 3 heterocycles. The first-order valence-electron chi connectivity index (χ1n) is 11.2. The van der Waals surface area contributed by atoms with Crippen LogP contribution in [0.2, 0.25) is 0 Å². The van der Waals surface area contributed by atoms with Gasteiger partial charge in [0.1, 0.15) is 16.1 Å². The lowest BCUT2D eigenvalue weighted by atomic mass is 9.92. The molecule has 0 atom stereocenters. The van der Waals surface area contributed by atoms with Gasteiger partial charge in [0.05, 0.1) is 11.4 Å². The molecule has 10 heteroatoms. The second-order valence-electron chi connectivity index (χ2n) is 9.50. The predicted molar refractivity (Wildman–Crippen MR) is 116 cm³/mol. The monoisotopic (exact) mass is 476 g/mol. The number of halogens is 3. The third-order valence-corrected chi connectivity index (χ3v) is 8.64. The molecule has 6 nitrogen and oxygen atoms in total. The maximum atomic E-state index is 13.2. The van der Waals surface area contributed by atoms with E-state index < -0.39 is 21.7 Å². The molecule has 3 fully saturated rings. The highest BCUT2D eigenvalue weighted by Gasteiger charge is 2.65. The van der Waals surface area contributed by atoms with Gasteiger partial charge in [-0.2, -0.15) is 17.9 Å². The number of nitrogens with one attached hydrogen (secondary N) is 1. The van der Waals surface area contributed by atoms with Gasteiger partial charge in [-0.25, -0.2) is 13.4 Å². The van der Waals surface area contributed by atoms with Crippen LogP contribution in [0.3, 0.4) is 0 Å². The fraction of sp³-hybridized carbons (Fsp3) is 0.478. The van der Waals surface area contributed by atoms with Crippen molar-refractivity contribution in [1.82, 2.24) is 19.3 Å². The van der Waals surface area contributed by atoms with Crippen LogP contribution in [0.1, 0.15) is 62.5 Å². The van der Waals surface area contributed by atoms with Gasteiger partial charge in [0, 0.05) is 23.8 Å². The minimum Gasteiger partial charge on any atom is -0.321 e. The van der Waals surface area contributed by atoms with E-state index >= 15 is 0 Å². The summed E-state index contributed by atoms with van der Waals surface area (Å²) in [4.78, 5) is 8.81. The second-order valence-corrected chi connectivity index (χ2v) is 11.2. The van der Waals surface area contributed by atoms with E-state index in [2.05, 4.69) is 15.6 Å². The van der Waals surface area contributed by atoms with Crippen LogP contribution in [0.4, 0.5) is 13.2 Å². The van der Waals surface area contributed by atoms with Crippen molar-refractivity contribution in [3.05, 3.63) is 42.2 Å². The Morgan fingerprint density at radius 2 is 1.79 bits per heavy atom. The molecule has 3 aliphatic carbocycles. The summed E-state index contributed by atoms with van der Waals surface area (Å²) >= 11 is 0. The normalized spacial score (nSPS) is 20.7. The van der Waals surface area contributed by atoms with Crippen LogP contribution in [0, 0.1) is 0 Å². The number of fused-ring (bicyclic) bond motifs is 1. The van der Waals surface area contributed by atoms with Crippen molar-refractivity contribution in [3.8, 4) is 11.4 Å². The van der Waals surface area contributed by atoms with Crippen LogP contribution in [-0.2, 0) is 10.0 Å². The molecule has 6 rings (SSSR count). The lowest BCUT2D eigenvalue weighted by Crippen LogP contribution is -2.47. The number of sulfonamides is 1. The lowest BCUT2D eigenvalue weighted by Gasteiger charge is -2.29. The van der Waals surface area contributed by atoms with Crippen molar-refractivity contribution in [2.24, 2.45) is 0 Å². The van der Waals surface area contributed by atoms with Gasteiger partial charge in [0.2, 0.25) is 10.0 Å². The Balaban J connectivity index is 1.35. The Labute approximate surface area is 189 Å². The third kappa shape index (κ3) is 3.54. The van der Waals surface area contributed by atoms with Gasteiger partial charge in [0.15, 0.2) is 0 Å². The SMILES string of the molecule is O=S(=O)(NC1(C(F)(F)F)CC1)c1ccc(-c2cc3cc(C4CC4)cnc3n2C2CCC2)nc1. The van der Waals surface area contributed by atoms with E-state index in [1.807, 2.05) is 17.0 Å². The van der Waals surface area contributed by atoms with Crippen LogP contribution in [0.25, 0.3) is 22.4 Å². The molecule has 0 spiro atoms. The van der Waals surface area contributed by atoms with Gasteiger partial charge in [-0.3, -0.25) is 4.98 Å². The van der Waals surface area contributed by atoms with E-state index in [0.717, 1.165) is 42.2 Å². The van der Waals surface area contributed by atoms with Crippen LogP contribution in [-0.4, -0.2) is 34.7 Å². The average Bonchev–Trinajstić information content (AvgIpc) is 3.65. The molecule has 1 N–H and O–H groups in total. The molecular weight excluding hydrogens is 453 g/mol. The summed E-state index contributed by atoms with van der Waals surface area (Å²) in [7, 11) is -4.34. The van der Waals surface area contributed by atoms with Crippen LogP contribution in [0.15, 0.2) is 41.6 Å². The molecule has 33 heavy (non-hydrogen) atoms. The molecular formula is C23H23F3N4O2S. The Bertz CT molecular complexity index is 1340. The zero-order valence-corrected chi connectivity index (χ0v) is 18.6.